The number of ether oxygens (including phenoxy) is 2. The molecule has 7 aliphatic rings. The van der Waals surface area contributed by atoms with Crippen molar-refractivity contribution in [3.05, 3.63) is 18.1 Å². The Bertz CT molecular complexity index is 1100. The lowest BCUT2D eigenvalue weighted by Crippen LogP contribution is -2.59. The van der Waals surface area contributed by atoms with Crippen LogP contribution < -0.4 is 0 Å². The molecule has 7 rings (SSSR count). The van der Waals surface area contributed by atoms with Crippen molar-refractivity contribution in [3.63, 3.8) is 0 Å². The van der Waals surface area contributed by atoms with Crippen molar-refractivity contribution in [2.75, 3.05) is 13.1 Å². The van der Waals surface area contributed by atoms with Crippen LogP contribution in [0.5, 0.6) is 0 Å². The van der Waals surface area contributed by atoms with Crippen molar-refractivity contribution in [1.29, 1.82) is 0 Å². The van der Waals surface area contributed by atoms with E-state index in [2.05, 4.69) is 34.6 Å². The molecule has 2 aliphatic heterocycles. The number of rotatable bonds is 3. The van der Waals surface area contributed by atoms with Gasteiger partial charge in [0.15, 0.2) is 0 Å². The van der Waals surface area contributed by atoms with Crippen LogP contribution in [0, 0.1) is 63.0 Å². The minimum Gasteiger partial charge on any atom is -0.446 e. The number of carbonyl (C=O) groups excluding carboxylic acids is 1. The maximum absolute atomic E-state index is 12.8. The molecule has 1 unspecified atom stereocenters. The van der Waals surface area contributed by atoms with Crippen molar-refractivity contribution >= 4 is 6.09 Å². The van der Waals surface area contributed by atoms with Crippen molar-refractivity contribution in [1.82, 2.24) is 4.90 Å². The summed E-state index contributed by atoms with van der Waals surface area (Å²) in [7, 11) is 0. The summed E-state index contributed by atoms with van der Waals surface area (Å²) in [5.74, 6) is 2.39. The molecule has 7 heteroatoms. The van der Waals surface area contributed by atoms with Crippen LogP contribution in [0.3, 0.4) is 0 Å². The standard InChI is InChI=1S/C34H52NO6/c1-19-17-20(26(36)30(4,5)39)40-25-24(19)31(6)13-14-34-18-33(34)12-11-23(41-28(38)35-15-8-16-35)29(2,3)21(33)9-10-22(34)32(31,7)27(25)37/h19,21,23-24,26-27,36-37,39H,8-18H2,1-7H3/t19-,21+,23?,24+,26+,27+,31-,32-,33-,34+/m1/s1. The fourth-order valence-corrected chi connectivity index (χ4v) is 11.9. The highest BCUT2D eigenvalue weighted by molar-refractivity contribution is 5.68. The van der Waals surface area contributed by atoms with Crippen molar-refractivity contribution in [2.45, 2.75) is 130 Å². The Morgan fingerprint density at radius 1 is 1.12 bits per heavy atom. The highest BCUT2D eigenvalue weighted by atomic mass is 16.6. The van der Waals surface area contributed by atoms with E-state index in [4.69, 9.17) is 9.47 Å². The molecule has 229 valence electrons. The predicted molar refractivity (Wildman–Crippen MR) is 154 cm³/mol. The highest BCUT2D eigenvalue weighted by Crippen LogP contribution is 2.90. The Balaban J connectivity index is 1.17. The number of fused-ring (bicyclic) bond motifs is 4. The van der Waals surface area contributed by atoms with Gasteiger partial charge in [0.25, 0.3) is 0 Å². The first-order chi connectivity index (χ1) is 19.0. The van der Waals surface area contributed by atoms with Crippen molar-refractivity contribution < 1.29 is 29.6 Å². The predicted octanol–water partition coefficient (Wildman–Crippen LogP) is 5.43. The summed E-state index contributed by atoms with van der Waals surface area (Å²) >= 11 is 0. The van der Waals surface area contributed by atoms with Crippen LogP contribution in [0.2, 0.25) is 0 Å². The number of amides is 1. The average molecular weight is 571 g/mol. The first kappa shape index (κ1) is 28.9. The summed E-state index contributed by atoms with van der Waals surface area (Å²) in [5, 5.41) is 33.7. The molecule has 2 heterocycles. The molecule has 1 amide bonds. The van der Waals surface area contributed by atoms with Crippen molar-refractivity contribution in [3.8, 4) is 0 Å². The van der Waals surface area contributed by atoms with Gasteiger partial charge in [-0.25, -0.2) is 4.79 Å². The molecule has 0 aromatic heterocycles. The lowest BCUT2D eigenvalue weighted by molar-refractivity contribution is -0.130. The number of nitrogens with zero attached hydrogens (tertiary/aromatic N) is 1. The van der Waals surface area contributed by atoms with Gasteiger partial charge in [0.05, 0.1) is 11.7 Å². The SMILES string of the molecule is C[C@@H]1C[C]([C@H](O)C(C)(C)O)O[C]2[C@H]1[C@@]1(C)CC[C@@]34C[C@@]35CCC(OC(=O)N3CCC3)C(C)(C)[C@@H]5CC[C]4[C@]1(C)[C@H]2O. The fraction of sp³-hybridized carbons (Fsp3) is 0.882. The molecule has 5 aliphatic carbocycles. The molecule has 0 aromatic carbocycles. The average Bonchev–Trinajstić information content (AvgIpc) is 3.48. The summed E-state index contributed by atoms with van der Waals surface area (Å²) in [5.41, 5.74) is -1.53. The number of aliphatic hydroxyl groups excluding tert-OH is 2. The highest BCUT2D eigenvalue weighted by Gasteiger charge is 2.85. The number of carbonyl (C=O) groups is 1. The van der Waals surface area contributed by atoms with Crippen LogP contribution in [0.4, 0.5) is 4.79 Å². The van der Waals surface area contributed by atoms with Gasteiger partial charge in [-0.15, -0.1) is 0 Å². The van der Waals surface area contributed by atoms with Gasteiger partial charge in [-0.05, 0) is 106 Å². The van der Waals surface area contributed by atoms with E-state index in [1.165, 1.54) is 6.42 Å². The van der Waals surface area contributed by atoms with Crippen LogP contribution in [0.15, 0.2) is 0 Å². The minimum atomic E-state index is -1.31. The lowest BCUT2D eigenvalue weighted by atomic mass is 9.41. The Morgan fingerprint density at radius 2 is 1.83 bits per heavy atom. The molecule has 2 spiro atoms. The van der Waals surface area contributed by atoms with Crippen LogP contribution in [0.1, 0.15) is 106 Å². The quantitative estimate of drug-likeness (QED) is 0.419. The Morgan fingerprint density at radius 3 is 2.46 bits per heavy atom. The first-order valence-electron chi connectivity index (χ1n) is 16.4. The second-order valence-electron chi connectivity index (χ2n) is 16.8. The van der Waals surface area contributed by atoms with Gasteiger partial charge in [-0.1, -0.05) is 34.6 Å². The van der Waals surface area contributed by atoms with Crippen LogP contribution in [0.25, 0.3) is 0 Å². The fourth-order valence-electron chi connectivity index (χ4n) is 11.9. The summed E-state index contributed by atoms with van der Waals surface area (Å²) in [6.07, 6.45) is 8.36. The molecule has 10 atom stereocenters. The molecule has 2 saturated heterocycles. The zero-order valence-corrected chi connectivity index (χ0v) is 26.3. The molecule has 3 radical (unpaired) electrons. The third-order valence-corrected chi connectivity index (χ3v) is 14.3. The van der Waals surface area contributed by atoms with E-state index in [1.807, 2.05) is 4.90 Å². The molecule has 7 fully saturated rings. The van der Waals surface area contributed by atoms with Crippen molar-refractivity contribution in [2.24, 2.45) is 44.8 Å². The number of likely N-dealkylation sites (tertiary alicyclic amines) is 1. The minimum absolute atomic E-state index is 0.0456. The third kappa shape index (κ3) is 3.44. The number of hydrogen-bond donors (Lipinski definition) is 3. The first-order valence-corrected chi connectivity index (χ1v) is 16.4. The lowest BCUT2D eigenvalue weighted by Gasteiger charge is -2.63. The van der Waals surface area contributed by atoms with Gasteiger partial charge >= 0.3 is 6.09 Å². The molecule has 3 N–H and O–H groups in total. The number of hydrogen-bond acceptors (Lipinski definition) is 6. The molecule has 5 saturated carbocycles. The van der Waals surface area contributed by atoms with E-state index in [0.717, 1.165) is 64.1 Å². The van der Waals surface area contributed by atoms with E-state index >= 15 is 0 Å². The van der Waals surface area contributed by atoms with Gasteiger partial charge in [-0.2, -0.15) is 0 Å². The zero-order valence-electron chi connectivity index (χ0n) is 26.3. The smallest absolute Gasteiger partial charge is 0.410 e. The van der Waals surface area contributed by atoms with Gasteiger partial charge < -0.3 is 29.7 Å². The second kappa shape index (κ2) is 8.63. The monoisotopic (exact) mass is 570 g/mol. The van der Waals surface area contributed by atoms with Gasteiger partial charge in [0.1, 0.15) is 24.4 Å². The van der Waals surface area contributed by atoms with E-state index in [-0.39, 0.29) is 45.7 Å². The summed E-state index contributed by atoms with van der Waals surface area (Å²) in [6, 6.07) is 0. The van der Waals surface area contributed by atoms with Gasteiger partial charge in [0, 0.05) is 29.8 Å². The van der Waals surface area contributed by atoms with E-state index in [0.29, 0.717) is 18.4 Å². The molecule has 7 nitrogen and oxygen atoms in total. The maximum atomic E-state index is 12.8. The Labute approximate surface area is 246 Å². The van der Waals surface area contributed by atoms with E-state index in [1.54, 1.807) is 19.8 Å². The Hall–Kier alpha value is -0.890. The molecular weight excluding hydrogens is 518 g/mol. The summed E-state index contributed by atoms with van der Waals surface area (Å²) in [4.78, 5) is 14.6. The summed E-state index contributed by atoms with van der Waals surface area (Å²) < 4.78 is 12.6. The topological polar surface area (TPSA) is 99.5 Å². The maximum Gasteiger partial charge on any atom is 0.410 e. The largest absolute Gasteiger partial charge is 0.446 e. The van der Waals surface area contributed by atoms with E-state index < -0.39 is 23.2 Å². The van der Waals surface area contributed by atoms with Crippen LogP contribution >= 0.6 is 0 Å². The number of aliphatic hydroxyl groups is 3. The molecule has 0 aromatic rings. The molecular formula is C34H52NO6. The molecule has 41 heavy (non-hydrogen) atoms. The molecule has 0 bridgehead atoms. The Kier molecular flexibility index (Phi) is 6.08. The summed E-state index contributed by atoms with van der Waals surface area (Å²) in [6.45, 7) is 16.5. The third-order valence-electron chi connectivity index (χ3n) is 14.3. The van der Waals surface area contributed by atoms with Crippen LogP contribution in [-0.2, 0) is 9.47 Å². The zero-order chi connectivity index (χ0) is 29.5. The second-order valence-corrected chi connectivity index (χ2v) is 16.8. The van der Waals surface area contributed by atoms with Crippen LogP contribution in [-0.4, -0.2) is 63.3 Å². The van der Waals surface area contributed by atoms with Gasteiger partial charge in [-0.3, -0.25) is 0 Å². The normalized spacial score (nSPS) is 50.0. The van der Waals surface area contributed by atoms with E-state index in [9.17, 15) is 20.1 Å². The van der Waals surface area contributed by atoms with Gasteiger partial charge in [0.2, 0.25) is 0 Å².